The van der Waals surface area contributed by atoms with E-state index in [-0.39, 0.29) is 18.1 Å². The molecule has 0 bridgehead atoms. The molecule has 1 aliphatic rings. The fraction of sp³-hybridized carbons (Fsp3) is 0.833. The number of alkyl halides is 1. The van der Waals surface area contributed by atoms with Crippen LogP contribution in [-0.4, -0.2) is 27.6 Å². The first-order valence-corrected chi connectivity index (χ1v) is 4.80. The van der Waals surface area contributed by atoms with E-state index in [0.29, 0.717) is 10.8 Å². The zero-order valence-corrected chi connectivity index (χ0v) is 7.67. The van der Waals surface area contributed by atoms with Gasteiger partial charge in [0.2, 0.25) is 5.91 Å². The summed E-state index contributed by atoms with van der Waals surface area (Å²) in [4.78, 5) is 10.6. The summed E-state index contributed by atoms with van der Waals surface area (Å²) in [5, 5.41) is 12.0. The van der Waals surface area contributed by atoms with Gasteiger partial charge in [0.1, 0.15) is 0 Å². The number of carbonyl (C=O) groups is 1. The van der Waals surface area contributed by atoms with Gasteiger partial charge < -0.3 is 10.4 Å². The predicted molar refractivity (Wildman–Crippen MR) is 46.1 cm³/mol. The molecule has 0 aromatic rings. The summed E-state index contributed by atoms with van der Waals surface area (Å²) >= 11 is 2.11. The highest BCUT2D eigenvalue weighted by Crippen LogP contribution is 2.11. The van der Waals surface area contributed by atoms with Crippen molar-refractivity contribution >= 4 is 28.5 Å². The van der Waals surface area contributed by atoms with E-state index in [4.69, 9.17) is 0 Å². The smallest absolute Gasteiger partial charge is 0.220 e. The summed E-state index contributed by atoms with van der Waals surface area (Å²) in [6.45, 7) is 0. The largest absolute Gasteiger partial charge is 0.390 e. The third kappa shape index (κ3) is 1.82. The Bertz CT molecular complexity index is 140. The minimum absolute atomic E-state index is 0.00407. The van der Waals surface area contributed by atoms with Gasteiger partial charge in [-0.05, 0) is 6.42 Å². The van der Waals surface area contributed by atoms with Crippen molar-refractivity contribution in [1.82, 2.24) is 5.32 Å². The van der Waals surface area contributed by atoms with Gasteiger partial charge in [0.25, 0.3) is 0 Å². The number of rotatable bonds is 2. The lowest BCUT2D eigenvalue weighted by molar-refractivity contribution is -0.119. The molecule has 1 heterocycles. The van der Waals surface area contributed by atoms with Gasteiger partial charge in [-0.15, -0.1) is 0 Å². The van der Waals surface area contributed by atoms with Gasteiger partial charge in [0, 0.05) is 10.8 Å². The molecule has 3 nitrogen and oxygen atoms in total. The highest BCUT2D eigenvalue weighted by molar-refractivity contribution is 14.1. The second-order valence-electron chi connectivity index (χ2n) is 2.43. The van der Waals surface area contributed by atoms with E-state index in [0.717, 1.165) is 6.42 Å². The zero-order chi connectivity index (χ0) is 7.56. The highest BCUT2D eigenvalue weighted by Gasteiger charge is 2.26. The average molecular weight is 255 g/mol. The molecule has 1 rings (SSSR count). The fourth-order valence-electron chi connectivity index (χ4n) is 1.03. The molecule has 0 saturated carbocycles. The van der Waals surface area contributed by atoms with Crippen LogP contribution in [0.1, 0.15) is 12.8 Å². The number of hydrogen-bond donors (Lipinski definition) is 2. The quantitative estimate of drug-likeness (QED) is 0.541. The van der Waals surface area contributed by atoms with E-state index >= 15 is 0 Å². The van der Waals surface area contributed by atoms with Gasteiger partial charge in [0.05, 0.1) is 12.1 Å². The molecule has 0 aliphatic carbocycles. The maximum atomic E-state index is 10.6. The number of carbonyl (C=O) groups excluding carboxylic acids is 1. The molecule has 1 saturated heterocycles. The Balaban J connectivity index is 2.36. The predicted octanol–water partition coefficient (Wildman–Crippen LogP) is 0.0609. The molecule has 1 aliphatic heterocycles. The van der Waals surface area contributed by atoms with Crippen LogP contribution in [0.4, 0.5) is 0 Å². The molecule has 2 N–H and O–H groups in total. The van der Waals surface area contributed by atoms with E-state index in [1.165, 1.54) is 0 Å². The Morgan fingerprint density at radius 1 is 1.90 bits per heavy atom. The lowest BCUT2D eigenvalue weighted by Crippen LogP contribution is -2.37. The second kappa shape index (κ2) is 3.52. The maximum absolute atomic E-state index is 10.6. The number of amides is 1. The highest BCUT2D eigenvalue weighted by atomic mass is 127. The molecular formula is C6H10INO2. The van der Waals surface area contributed by atoms with E-state index < -0.39 is 0 Å². The topological polar surface area (TPSA) is 49.3 Å². The number of aliphatic hydroxyl groups excluding tert-OH is 1. The molecule has 0 aromatic heterocycles. The SMILES string of the molecule is O=C1CC[C@H]([C@H](O)CI)N1. The van der Waals surface area contributed by atoms with Crippen molar-refractivity contribution < 1.29 is 9.90 Å². The van der Waals surface area contributed by atoms with Crippen molar-refractivity contribution in [2.45, 2.75) is 25.0 Å². The Labute approximate surface area is 73.3 Å². The van der Waals surface area contributed by atoms with Crippen LogP contribution in [0.15, 0.2) is 0 Å². The lowest BCUT2D eigenvalue weighted by atomic mass is 10.1. The molecular weight excluding hydrogens is 245 g/mol. The molecule has 58 valence electrons. The van der Waals surface area contributed by atoms with Crippen molar-refractivity contribution in [3.63, 3.8) is 0 Å². The number of aliphatic hydroxyl groups is 1. The van der Waals surface area contributed by atoms with E-state index in [1.807, 2.05) is 0 Å². The molecule has 10 heavy (non-hydrogen) atoms. The molecule has 0 radical (unpaired) electrons. The standard InChI is InChI=1S/C6H10INO2/c7-3-5(9)4-1-2-6(10)8-4/h4-5,9H,1-3H2,(H,8,10)/t4-,5-/m1/s1. The van der Waals surface area contributed by atoms with E-state index in [1.54, 1.807) is 0 Å². The summed E-state index contributed by atoms with van der Waals surface area (Å²) in [6, 6.07) is 0.00407. The minimum Gasteiger partial charge on any atom is -0.390 e. The zero-order valence-electron chi connectivity index (χ0n) is 5.51. The van der Waals surface area contributed by atoms with Gasteiger partial charge in [0.15, 0.2) is 0 Å². The Kier molecular flexibility index (Phi) is 2.91. The molecule has 1 amide bonds. The maximum Gasteiger partial charge on any atom is 0.220 e. The molecule has 0 spiro atoms. The molecule has 0 aromatic carbocycles. The molecule has 2 atom stereocenters. The van der Waals surface area contributed by atoms with Crippen LogP contribution in [0.5, 0.6) is 0 Å². The summed E-state index contributed by atoms with van der Waals surface area (Å²) in [6.07, 6.45) is 0.980. The minimum atomic E-state index is -0.368. The first-order valence-electron chi connectivity index (χ1n) is 3.27. The summed E-state index contributed by atoms with van der Waals surface area (Å²) < 4.78 is 0.683. The number of nitrogens with one attached hydrogen (secondary N) is 1. The first-order chi connectivity index (χ1) is 4.74. The Morgan fingerprint density at radius 2 is 2.60 bits per heavy atom. The van der Waals surface area contributed by atoms with Crippen LogP contribution in [0.2, 0.25) is 0 Å². The summed E-state index contributed by atoms with van der Waals surface area (Å²) in [5.41, 5.74) is 0. The first kappa shape index (κ1) is 8.26. The van der Waals surface area contributed by atoms with Crippen molar-refractivity contribution in [2.24, 2.45) is 0 Å². The van der Waals surface area contributed by atoms with Crippen LogP contribution < -0.4 is 5.32 Å². The van der Waals surface area contributed by atoms with E-state index in [9.17, 15) is 9.90 Å². The fourth-order valence-corrected chi connectivity index (χ4v) is 1.65. The molecule has 4 heteroatoms. The molecule has 1 fully saturated rings. The normalized spacial score (nSPS) is 28.2. The number of hydrogen-bond acceptors (Lipinski definition) is 2. The van der Waals surface area contributed by atoms with Gasteiger partial charge in [-0.2, -0.15) is 0 Å². The second-order valence-corrected chi connectivity index (χ2v) is 3.32. The van der Waals surface area contributed by atoms with Crippen LogP contribution in [0.3, 0.4) is 0 Å². The Hall–Kier alpha value is 0.160. The van der Waals surface area contributed by atoms with Gasteiger partial charge in [-0.3, -0.25) is 4.79 Å². The molecule has 0 unspecified atom stereocenters. The monoisotopic (exact) mass is 255 g/mol. The summed E-state index contributed by atoms with van der Waals surface area (Å²) in [7, 11) is 0. The van der Waals surface area contributed by atoms with Gasteiger partial charge in [-0.1, -0.05) is 22.6 Å². The number of halogens is 1. The van der Waals surface area contributed by atoms with Gasteiger partial charge >= 0.3 is 0 Å². The van der Waals surface area contributed by atoms with Crippen LogP contribution in [-0.2, 0) is 4.79 Å². The lowest BCUT2D eigenvalue weighted by Gasteiger charge is -2.14. The third-order valence-corrected chi connectivity index (χ3v) is 2.55. The summed E-state index contributed by atoms with van der Waals surface area (Å²) in [5.74, 6) is 0.0638. The van der Waals surface area contributed by atoms with E-state index in [2.05, 4.69) is 27.9 Å². The van der Waals surface area contributed by atoms with Crippen molar-refractivity contribution in [3.8, 4) is 0 Å². The van der Waals surface area contributed by atoms with Crippen LogP contribution in [0, 0.1) is 0 Å². The van der Waals surface area contributed by atoms with Crippen LogP contribution in [0.25, 0.3) is 0 Å². The van der Waals surface area contributed by atoms with Crippen molar-refractivity contribution in [1.29, 1.82) is 0 Å². The van der Waals surface area contributed by atoms with Crippen molar-refractivity contribution in [2.75, 3.05) is 4.43 Å². The average Bonchev–Trinajstić information content (AvgIpc) is 2.34. The third-order valence-electron chi connectivity index (χ3n) is 1.65. The van der Waals surface area contributed by atoms with Crippen LogP contribution >= 0.6 is 22.6 Å². The van der Waals surface area contributed by atoms with Crippen molar-refractivity contribution in [3.05, 3.63) is 0 Å². The Morgan fingerprint density at radius 3 is 3.00 bits per heavy atom. The van der Waals surface area contributed by atoms with Gasteiger partial charge in [-0.25, -0.2) is 0 Å².